The topological polar surface area (TPSA) is 80.0 Å². The number of aliphatic carboxylic acids is 1. The van der Waals surface area contributed by atoms with Crippen LogP contribution in [0.2, 0.25) is 0 Å². The molecular formula is C18H14N4O2. The van der Waals surface area contributed by atoms with Crippen molar-refractivity contribution in [3.63, 3.8) is 0 Å². The maximum Gasteiger partial charge on any atom is 0.352 e. The van der Waals surface area contributed by atoms with Crippen LogP contribution < -0.4 is 5.32 Å². The molecule has 1 aliphatic rings. The molecule has 1 aliphatic heterocycles. The number of hydrogen-bond acceptors (Lipinski definition) is 4. The van der Waals surface area contributed by atoms with Crippen LogP contribution in [0.4, 0.5) is 5.95 Å². The van der Waals surface area contributed by atoms with E-state index in [-0.39, 0.29) is 11.7 Å². The zero-order chi connectivity index (χ0) is 16.5. The van der Waals surface area contributed by atoms with Gasteiger partial charge in [-0.15, -0.1) is 5.10 Å². The molecule has 0 spiro atoms. The van der Waals surface area contributed by atoms with Gasteiger partial charge in [-0.3, -0.25) is 0 Å². The number of nitrogens with one attached hydrogen (secondary N) is 1. The second-order valence-electron chi connectivity index (χ2n) is 5.44. The Bertz CT molecular complexity index is 917. The number of benzene rings is 2. The molecule has 0 aliphatic carbocycles. The van der Waals surface area contributed by atoms with Crippen LogP contribution in [0.15, 0.2) is 72.4 Å². The Hall–Kier alpha value is -3.41. The fourth-order valence-electron chi connectivity index (χ4n) is 2.71. The molecule has 0 fully saturated rings. The lowest BCUT2D eigenvalue weighted by molar-refractivity contribution is -0.132. The predicted molar refractivity (Wildman–Crippen MR) is 89.4 cm³/mol. The first-order valence-electron chi connectivity index (χ1n) is 7.51. The molecule has 4 rings (SSSR count). The number of allylic oxidation sites excluding steroid dienone is 1. The van der Waals surface area contributed by atoms with Crippen molar-refractivity contribution in [1.29, 1.82) is 0 Å². The number of anilines is 1. The summed E-state index contributed by atoms with van der Waals surface area (Å²) in [6.07, 6.45) is 1.65. The molecule has 0 amide bonds. The van der Waals surface area contributed by atoms with Crippen molar-refractivity contribution in [3.8, 4) is 11.4 Å². The van der Waals surface area contributed by atoms with Gasteiger partial charge in [0.05, 0.1) is 0 Å². The van der Waals surface area contributed by atoms with E-state index >= 15 is 0 Å². The van der Waals surface area contributed by atoms with Gasteiger partial charge in [0.1, 0.15) is 11.7 Å². The molecule has 0 unspecified atom stereocenters. The fraction of sp³-hybridized carbons (Fsp3) is 0.0556. The van der Waals surface area contributed by atoms with Gasteiger partial charge >= 0.3 is 5.97 Å². The zero-order valence-electron chi connectivity index (χ0n) is 12.6. The molecular weight excluding hydrogens is 304 g/mol. The van der Waals surface area contributed by atoms with Crippen molar-refractivity contribution < 1.29 is 9.90 Å². The second-order valence-corrected chi connectivity index (χ2v) is 5.44. The Kier molecular flexibility index (Phi) is 3.35. The number of carboxylic acids is 1. The third kappa shape index (κ3) is 2.44. The number of carbonyl (C=O) groups is 1. The minimum atomic E-state index is -1.02. The highest BCUT2D eigenvalue weighted by atomic mass is 16.4. The molecule has 2 N–H and O–H groups in total. The number of hydrogen-bond donors (Lipinski definition) is 2. The summed E-state index contributed by atoms with van der Waals surface area (Å²) >= 11 is 0. The first-order chi connectivity index (χ1) is 11.7. The van der Waals surface area contributed by atoms with E-state index in [2.05, 4.69) is 15.4 Å². The van der Waals surface area contributed by atoms with Gasteiger partial charge in [-0.1, -0.05) is 60.7 Å². The molecule has 0 saturated heterocycles. The number of carboxylic acid groups (broad SMARTS) is 1. The van der Waals surface area contributed by atoms with Crippen LogP contribution >= 0.6 is 0 Å². The van der Waals surface area contributed by atoms with Gasteiger partial charge in [0.15, 0.2) is 5.82 Å². The summed E-state index contributed by atoms with van der Waals surface area (Å²) < 4.78 is 1.71. The number of fused-ring (bicyclic) bond motifs is 1. The smallest absolute Gasteiger partial charge is 0.352 e. The maximum atomic E-state index is 11.4. The van der Waals surface area contributed by atoms with Gasteiger partial charge < -0.3 is 10.4 Å². The Labute approximate surface area is 138 Å². The van der Waals surface area contributed by atoms with Crippen LogP contribution in [0.25, 0.3) is 11.4 Å². The highest BCUT2D eigenvalue weighted by molar-refractivity contribution is 5.90. The summed E-state index contributed by atoms with van der Waals surface area (Å²) in [6, 6.07) is 18.9. The first kappa shape index (κ1) is 14.2. The number of nitrogens with zero attached hydrogens (tertiary/aromatic N) is 3. The van der Waals surface area contributed by atoms with E-state index in [0.29, 0.717) is 11.8 Å². The van der Waals surface area contributed by atoms with Crippen LogP contribution in [-0.2, 0) is 4.79 Å². The van der Waals surface area contributed by atoms with E-state index in [1.165, 1.54) is 0 Å². The van der Waals surface area contributed by atoms with Gasteiger partial charge in [0, 0.05) is 5.56 Å². The summed E-state index contributed by atoms with van der Waals surface area (Å²) in [4.78, 5) is 15.9. The molecule has 2 heterocycles. The predicted octanol–water partition coefficient (Wildman–Crippen LogP) is 2.93. The molecule has 2 aromatic carbocycles. The van der Waals surface area contributed by atoms with Crippen molar-refractivity contribution in [2.24, 2.45) is 0 Å². The molecule has 6 nitrogen and oxygen atoms in total. The highest BCUT2D eigenvalue weighted by Gasteiger charge is 2.27. The van der Waals surface area contributed by atoms with Crippen molar-refractivity contribution in [1.82, 2.24) is 14.8 Å². The molecule has 1 atom stereocenters. The van der Waals surface area contributed by atoms with Gasteiger partial charge in [0.2, 0.25) is 5.95 Å². The normalized spacial score (nSPS) is 16.0. The first-order valence-corrected chi connectivity index (χ1v) is 7.51. The summed E-state index contributed by atoms with van der Waals surface area (Å²) in [6.45, 7) is 0. The summed E-state index contributed by atoms with van der Waals surface area (Å²) in [5.74, 6) is -0.0480. The zero-order valence-corrected chi connectivity index (χ0v) is 12.6. The molecule has 0 radical (unpaired) electrons. The van der Waals surface area contributed by atoms with Gasteiger partial charge in [-0.25, -0.2) is 9.48 Å². The van der Waals surface area contributed by atoms with E-state index in [9.17, 15) is 9.90 Å². The molecule has 6 heteroatoms. The van der Waals surface area contributed by atoms with E-state index in [1.54, 1.807) is 10.8 Å². The average Bonchev–Trinajstić information content (AvgIpc) is 3.06. The van der Waals surface area contributed by atoms with E-state index < -0.39 is 5.97 Å². The molecule has 3 aromatic rings. The van der Waals surface area contributed by atoms with Crippen molar-refractivity contribution in [2.45, 2.75) is 6.04 Å². The maximum absolute atomic E-state index is 11.4. The molecule has 0 saturated carbocycles. The monoisotopic (exact) mass is 318 g/mol. The molecule has 118 valence electrons. The van der Waals surface area contributed by atoms with E-state index in [0.717, 1.165) is 11.1 Å². The lowest BCUT2D eigenvalue weighted by Crippen LogP contribution is -2.24. The summed E-state index contributed by atoms with van der Waals surface area (Å²) in [5, 5.41) is 16.8. The standard InChI is InChI=1S/C18H14N4O2/c23-17(24)14-11-15(12-7-3-1-4-8-12)22-18(19-14)20-16(21-22)13-9-5-2-6-10-13/h1-11,15H,(H,23,24)(H,19,20,21)/t15-/m0/s1. The number of rotatable bonds is 3. The minimum Gasteiger partial charge on any atom is -0.477 e. The Balaban J connectivity index is 1.83. The summed E-state index contributed by atoms with van der Waals surface area (Å²) in [7, 11) is 0. The molecule has 0 bridgehead atoms. The largest absolute Gasteiger partial charge is 0.477 e. The molecule has 24 heavy (non-hydrogen) atoms. The van der Waals surface area contributed by atoms with E-state index in [4.69, 9.17) is 0 Å². The number of aromatic nitrogens is 3. The van der Waals surface area contributed by atoms with Crippen LogP contribution in [0.1, 0.15) is 11.6 Å². The third-order valence-corrected chi connectivity index (χ3v) is 3.87. The average molecular weight is 318 g/mol. The minimum absolute atomic E-state index is 0.100. The Morgan fingerprint density at radius 1 is 1.04 bits per heavy atom. The quantitative estimate of drug-likeness (QED) is 0.776. The van der Waals surface area contributed by atoms with Gasteiger partial charge in [-0.2, -0.15) is 4.98 Å². The third-order valence-electron chi connectivity index (χ3n) is 3.87. The lowest BCUT2D eigenvalue weighted by atomic mass is 10.0. The van der Waals surface area contributed by atoms with Crippen LogP contribution in [0.5, 0.6) is 0 Å². The Morgan fingerprint density at radius 2 is 1.71 bits per heavy atom. The second kappa shape index (κ2) is 5.66. The summed E-state index contributed by atoms with van der Waals surface area (Å²) in [5.41, 5.74) is 1.93. The SMILES string of the molecule is O=C(O)C1=C[C@@H](c2ccccc2)n2nc(-c3ccccc3)nc2N1. The molecule has 1 aromatic heterocycles. The van der Waals surface area contributed by atoms with Crippen LogP contribution in [-0.4, -0.2) is 25.8 Å². The van der Waals surface area contributed by atoms with Gasteiger partial charge in [0.25, 0.3) is 0 Å². The van der Waals surface area contributed by atoms with Crippen LogP contribution in [0, 0.1) is 0 Å². The van der Waals surface area contributed by atoms with Crippen LogP contribution in [0.3, 0.4) is 0 Å². The van der Waals surface area contributed by atoms with E-state index in [1.807, 2.05) is 60.7 Å². The van der Waals surface area contributed by atoms with Crippen molar-refractivity contribution in [3.05, 3.63) is 78.0 Å². The van der Waals surface area contributed by atoms with Crippen molar-refractivity contribution in [2.75, 3.05) is 5.32 Å². The van der Waals surface area contributed by atoms with Crippen molar-refractivity contribution >= 4 is 11.9 Å². The Morgan fingerprint density at radius 3 is 2.38 bits per heavy atom. The lowest BCUT2D eigenvalue weighted by Gasteiger charge is -2.22. The highest BCUT2D eigenvalue weighted by Crippen LogP contribution is 2.30. The van der Waals surface area contributed by atoms with Gasteiger partial charge in [-0.05, 0) is 11.6 Å². The fourth-order valence-corrected chi connectivity index (χ4v) is 2.71.